The van der Waals surface area contributed by atoms with Crippen LogP contribution in [0.1, 0.15) is 44.5 Å². The fourth-order valence-electron chi connectivity index (χ4n) is 1.39. The molecule has 2 N–H and O–H groups in total. The molecule has 1 aromatic heterocycles. The SMILES string of the molecule is CCCNc1ncc(C(=O)NC(C)C(C)C)cc1Cl. The summed E-state index contributed by atoms with van der Waals surface area (Å²) >= 11 is 6.10. The third-order valence-electron chi connectivity index (χ3n) is 3.00. The molecule has 1 aromatic rings. The molecule has 106 valence electrons. The monoisotopic (exact) mass is 283 g/mol. The molecule has 1 atom stereocenters. The first-order valence-electron chi connectivity index (χ1n) is 6.66. The molecule has 4 nitrogen and oxygen atoms in total. The number of nitrogens with zero attached hydrogens (tertiary/aromatic N) is 1. The van der Waals surface area contributed by atoms with Crippen LogP contribution in [0.5, 0.6) is 0 Å². The van der Waals surface area contributed by atoms with Gasteiger partial charge in [-0.15, -0.1) is 0 Å². The van der Waals surface area contributed by atoms with E-state index in [4.69, 9.17) is 11.6 Å². The van der Waals surface area contributed by atoms with Crippen LogP contribution in [-0.4, -0.2) is 23.5 Å². The molecule has 0 saturated carbocycles. The molecule has 1 rings (SSSR count). The predicted octanol–water partition coefficient (Wildman–Crippen LogP) is 3.33. The molecular weight excluding hydrogens is 262 g/mol. The van der Waals surface area contributed by atoms with Gasteiger partial charge in [0.2, 0.25) is 0 Å². The average Bonchev–Trinajstić information content (AvgIpc) is 2.36. The number of hydrogen-bond acceptors (Lipinski definition) is 3. The maximum atomic E-state index is 12.0. The highest BCUT2D eigenvalue weighted by Gasteiger charge is 2.14. The highest BCUT2D eigenvalue weighted by Crippen LogP contribution is 2.20. The lowest BCUT2D eigenvalue weighted by molar-refractivity contribution is 0.0930. The molecule has 0 fully saturated rings. The maximum absolute atomic E-state index is 12.0. The average molecular weight is 284 g/mol. The van der Waals surface area contributed by atoms with Gasteiger partial charge in [-0.05, 0) is 25.3 Å². The van der Waals surface area contributed by atoms with Crippen molar-refractivity contribution >= 4 is 23.3 Å². The van der Waals surface area contributed by atoms with Gasteiger partial charge in [0.15, 0.2) is 0 Å². The van der Waals surface area contributed by atoms with Crippen molar-refractivity contribution in [2.45, 2.75) is 40.2 Å². The number of halogens is 1. The summed E-state index contributed by atoms with van der Waals surface area (Å²) < 4.78 is 0. The summed E-state index contributed by atoms with van der Waals surface area (Å²) in [7, 11) is 0. The number of pyridine rings is 1. The molecule has 0 aromatic carbocycles. The topological polar surface area (TPSA) is 54.0 Å². The van der Waals surface area contributed by atoms with Crippen LogP contribution in [0.3, 0.4) is 0 Å². The Kier molecular flexibility index (Phi) is 6.09. The summed E-state index contributed by atoms with van der Waals surface area (Å²) in [6.45, 7) is 8.98. The summed E-state index contributed by atoms with van der Waals surface area (Å²) in [5, 5.41) is 6.51. The Morgan fingerprint density at radius 2 is 2.11 bits per heavy atom. The minimum atomic E-state index is -0.141. The first-order chi connectivity index (χ1) is 8.95. The third-order valence-corrected chi connectivity index (χ3v) is 3.29. The van der Waals surface area contributed by atoms with Crippen molar-refractivity contribution in [3.05, 3.63) is 22.8 Å². The van der Waals surface area contributed by atoms with Gasteiger partial charge in [-0.3, -0.25) is 4.79 Å². The molecule has 1 amide bonds. The number of aromatic nitrogens is 1. The normalized spacial score (nSPS) is 12.3. The van der Waals surface area contributed by atoms with Gasteiger partial charge in [-0.2, -0.15) is 0 Å². The third kappa shape index (κ3) is 4.71. The van der Waals surface area contributed by atoms with E-state index in [1.807, 2.05) is 6.92 Å². The second-order valence-electron chi connectivity index (χ2n) is 4.99. The van der Waals surface area contributed by atoms with E-state index in [0.717, 1.165) is 13.0 Å². The highest BCUT2D eigenvalue weighted by molar-refractivity contribution is 6.33. The molecule has 0 bridgehead atoms. The van der Waals surface area contributed by atoms with Crippen LogP contribution < -0.4 is 10.6 Å². The van der Waals surface area contributed by atoms with Crippen LogP contribution in [0.4, 0.5) is 5.82 Å². The van der Waals surface area contributed by atoms with Crippen molar-refractivity contribution in [2.75, 3.05) is 11.9 Å². The predicted molar refractivity (Wildman–Crippen MR) is 79.8 cm³/mol. The minimum absolute atomic E-state index is 0.115. The van der Waals surface area contributed by atoms with Crippen LogP contribution in [-0.2, 0) is 0 Å². The van der Waals surface area contributed by atoms with Gasteiger partial charge in [0.25, 0.3) is 5.91 Å². The smallest absolute Gasteiger partial charge is 0.253 e. The lowest BCUT2D eigenvalue weighted by Gasteiger charge is -2.17. The van der Waals surface area contributed by atoms with E-state index in [0.29, 0.717) is 22.3 Å². The van der Waals surface area contributed by atoms with E-state index in [2.05, 4.69) is 36.4 Å². The summed E-state index contributed by atoms with van der Waals surface area (Å²) in [5.74, 6) is 0.868. The second-order valence-corrected chi connectivity index (χ2v) is 5.39. The molecular formula is C14H22ClN3O. The first kappa shape index (κ1) is 15.8. The van der Waals surface area contributed by atoms with Crippen molar-refractivity contribution in [3.8, 4) is 0 Å². The largest absolute Gasteiger partial charge is 0.369 e. The fraction of sp³-hybridized carbons (Fsp3) is 0.571. The number of nitrogens with one attached hydrogen (secondary N) is 2. The molecule has 19 heavy (non-hydrogen) atoms. The van der Waals surface area contributed by atoms with E-state index < -0.39 is 0 Å². The van der Waals surface area contributed by atoms with Crippen molar-refractivity contribution in [3.63, 3.8) is 0 Å². The Bertz CT molecular complexity index is 435. The molecule has 0 saturated heterocycles. The molecule has 0 aliphatic rings. The Morgan fingerprint density at radius 3 is 2.63 bits per heavy atom. The molecule has 0 spiro atoms. The zero-order chi connectivity index (χ0) is 14.4. The van der Waals surface area contributed by atoms with Crippen molar-refractivity contribution < 1.29 is 4.79 Å². The zero-order valence-electron chi connectivity index (χ0n) is 12.0. The lowest BCUT2D eigenvalue weighted by atomic mass is 10.1. The summed E-state index contributed by atoms with van der Waals surface area (Å²) in [4.78, 5) is 16.2. The molecule has 1 unspecified atom stereocenters. The number of carbonyl (C=O) groups excluding carboxylic acids is 1. The summed E-state index contributed by atoms with van der Waals surface area (Å²) in [6.07, 6.45) is 2.54. The molecule has 0 aliphatic carbocycles. The van der Waals surface area contributed by atoms with Crippen LogP contribution in [0.2, 0.25) is 5.02 Å². The molecule has 0 radical (unpaired) electrons. The standard InChI is InChI=1S/C14H22ClN3O/c1-5-6-16-13-12(15)7-11(8-17-13)14(19)18-10(4)9(2)3/h7-10H,5-6H2,1-4H3,(H,16,17)(H,18,19). The summed E-state index contributed by atoms with van der Waals surface area (Å²) in [6, 6.07) is 1.76. The highest BCUT2D eigenvalue weighted by atomic mass is 35.5. The van der Waals surface area contributed by atoms with Gasteiger partial charge in [-0.1, -0.05) is 32.4 Å². The number of rotatable bonds is 6. The number of amides is 1. The van der Waals surface area contributed by atoms with E-state index in [9.17, 15) is 4.79 Å². The van der Waals surface area contributed by atoms with Crippen LogP contribution in [0, 0.1) is 5.92 Å². The van der Waals surface area contributed by atoms with Gasteiger partial charge < -0.3 is 10.6 Å². The zero-order valence-corrected chi connectivity index (χ0v) is 12.7. The van der Waals surface area contributed by atoms with E-state index >= 15 is 0 Å². The fourth-order valence-corrected chi connectivity index (χ4v) is 1.63. The second kappa shape index (κ2) is 7.34. The molecule has 5 heteroatoms. The maximum Gasteiger partial charge on any atom is 0.253 e. The minimum Gasteiger partial charge on any atom is -0.369 e. The van der Waals surface area contributed by atoms with Gasteiger partial charge in [0.05, 0.1) is 10.6 Å². The van der Waals surface area contributed by atoms with Gasteiger partial charge in [-0.25, -0.2) is 4.98 Å². The van der Waals surface area contributed by atoms with E-state index in [-0.39, 0.29) is 11.9 Å². The summed E-state index contributed by atoms with van der Waals surface area (Å²) in [5.41, 5.74) is 0.486. The number of carbonyl (C=O) groups is 1. The van der Waals surface area contributed by atoms with Crippen LogP contribution in [0.15, 0.2) is 12.3 Å². The van der Waals surface area contributed by atoms with Gasteiger partial charge in [0.1, 0.15) is 5.82 Å². The van der Waals surface area contributed by atoms with Gasteiger partial charge in [0, 0.05) is 18.8 Å². The Labute approximate surface area is 120 Å². The van der Waals surface area contributed by atoms with E-state index in [1.54, 1.807) is 12.3 Å². The Morgan fingerprint density at radius 1 is 1.42 bits per heavy atom. The Balaban J connectivity index is 2.74. The lowest BCUT2D eigenvalue weighted by Crippen LogP contribution is -2.36. The molecule has 1 heterocycles. The van der Waals surface area contributed by atoms with Gasteiger partial charge >= 0.3 is 0 Å². The van der Waals surface area contributed by atoms with Crippen molar-refractivity contribution in [1.82, 2.24) is 10.3 Å². The number of anilines is 1. The number of hydrogen-bond donors (Lipinski definition) is 2. The Hall–Kier alpha value is -1.29. The molecule has 0 aliphatic heterocycles. The van der Waals surface area contributed by atoms with Crippen molar-refractivity contribution in [2.24, 2.45) is 5.92 Å². The van der Waals surface area contributed by atoms with E-state index in [1.165, 1.54) is 0 Å². The first-order valence-corrected chi connectivity index (χ1v) is 7.03. The quantitative estimate of drug-likeness (QED) is 0.842. The van der Waals surface area contributed by atoms with Crippen LogP contribution in [0.25, 0.3) is 0 Å². The van der Waals surface area contributed by atoms with Crippen molar-refractivity contribution in [1.29, 1.82) is 0 Å². The van der Waals surface area contributed by atoms with Crippen LogP contribution >= 0.6 is 11.6 Å².